The molecule has 66 heavy (non-hydrogen) atoms. The van der Waals surface area contributed by atoms with E-state index in [1.807, 2.05) is 6.20 Å². The minimum Gasteiger partial charge on any atom is -0.457 e. The average Bonchev–Trinajstić information content (AvgIpc) is 3.81. The summed E-state index contributed by atoms with van der Waals surface area (Å²) in [6.07, 6.45) is 1.95. The van der Waals surface area contributed by atoms with Crippen molar-refractivity contribution in [2.45, 2.75) is 124 Å². The molecule has 8 aromatic rings. The Labute approximate surface area is 394 Å². The Hall–Kier alpha value is -6.33. The summed E-state index contributed by atoms with van der Waals surface area (Å²) < 4.78 is 9.37. The van der Waals surface area contributed by atoms with Crippen molar-refractivity contribution in [3.05, 3.63) is 179 Å². The molecule has 0 N–H and O–H groups in total. The molecule has 0 fully saturated rings. The van der Waals surface area contributed by atoms with E-state index >= 15 is 0 Å². The van der Waals surface area contributed by atoms with Gasteiger partial charge in [-0.25, -0.2) is 4.98 Å². The zero-order chi connectivity index (χ0) is 47.1. The van der Waals surface area contributed by atoms with Gasteiger partial charge >= 0.3 is 0 Å². The zero-order valence-corrected chi connectivity index (χ0v) is 41.8. The van der Waals surface area contributed by atoms with Gasteiger partial charge in [-0.1, -0.05) is 152 Å². The lowest BCUT2D eigenvalue weighted by Gasteiger charge is -2.29. The summed E-state index contributed by atoms with van der Waals surface area (Å²) in [5, 5.41) is 2.35. The van der Waals surface area contributed by atoms with Crippen molar-refractivity contribution >= 4 is 44.6 Å². The van der Waals surface area contributed by atoms with Crippen molar-refractivity contribution in [1.82, 2.24) is 9.55 Å². The smallest absolute Gasteiger partial charge is 0.137 e. The number of nitrogens with zero attached hydrogens (tertiary/aromatic N) is 4. The van der Waals surface area contributed by atoms with Gasteiger partial charge in [-0.3, -0.25) is 4.57 Å². The summed E-state index contributed by atoms with van der Waals surface area (Å²) in [6, 6.07) is 51.5. The van der Waals surface area contributed by atoms with Gasteiger partial charge in [0, 0.05) is 45.9 Å². The van der Waals surface area contributed by atoms with Crippen molar-refractivity contribution in [1.29, 1.82) is 0 Å². The monoisotopic (exact) mass is 873 g/mol. The van der Waals surface area contributed by atoms with Gasteiger partial charge in [-0.05, 0) is 128 Å². The van der Waals surface area contributed by atoms with Crippen molar-refractivity contribution in [2.24, 2.45) is 0 Å². The second-order valence-corrected chi connectivity index (χ2v) is 23.2. The van der Waals surface area contributed by atoms with Gasteiger partial charge in [0.15, 0.2) is 0 Å². The fourth-order valence-electron chi connectivity index (χ4n) is 9.38. The first kappa shape index (κ1) is 44.9. The number of anilines is 4. The predicted molar refractivity (Wildman–Crippen MR) is 280 cm³/mol. The molecule has 0 radical (unpaired) electrons. The summed E-state index contributed by atoms with van der Waals surface area (Å²) in [5.41, 5.74) is 14.2. The SMILES string of the molecule is CC(C)(C)c1cc(Oc2ccc3c4cc(C(C)(C)c5ccccc5)ccc4n(-c4cc(C(C)(C)C)ccn4)c3c2)cc(N2CN(c3cc(C(C)(C)C)cc(C(C)(C)C)c3)c3ccccc32)c1. The minimum absolute atomic E-state index is 0.00873. The van der Waals surface area contributed by atoms with Crippen LogP contribution >= 0.6 is 0 Å². The van der Waals surface area contributed by atoms with Gasteiger partial charge in [0.25, 0.3) is 0 Å². The van der Waals surface area contributed by atoms with Crippen LogP contribution in [0.25, 0.3) is 27.6 Å². The highest BCUT2D eigenvalue weighted by atomic mass is 16.5. The largest absolute Gasteiger partial charge is 0.457 e. The van der Waals surface area contributed by atoms with E-state index in [0.29, 0.717) is 6.67 Å². The van der Waals surface area contributed by atoms with E-state index in [-0.39, 0.29) is 27.1 Å². The van der Waals surface area contributed by atoms with Crippen molar-refractivity contribution < 1.29 is 4.74 Å². The number of hydrogen-bond acceptors (Lipinski definition) is 4. The average molecular weight is 873 g/mol. The highest BCUT2D eigenvalue weighted by Gasteiger charge is 2.32. The van der Waals surface area contributed by atoms with E-state index in [1.165, 1.54) is 55.8 Å². The summed E-state index contributed by atoms with van der Waals surface area (Å²) in [4.78, 5) is 9.94. The van der Waals surface area contributed by atoms with Crippen LogP contribution in [-0.4, -0.2) is 16.2 Å². The van der Waals surface area contributed by atoms with E-state index in [1.54, 1.807) is 0 Å². The number of aromatic nitrogens is 2. The van der Waals surface area contributed by atoms with Crippen LogP contribution in [0.15, 0.2) is 146 Å². The van der Waals surface area contributed by atoms with Crippen LogP contribution in [0.2, 0.25) is 0 Å². The van der Waals surface area contributed by atoms with Gasteiger partial charge in [0.1, 0.15) is 24.0 Å². The standard InChI is InChI=1S/C61H68N4O/c1-57(2,3)41-28-29-62-56(36-41)65-52-27-24-42(61(13,14)40-20-16-15-17-21-40)35-51(52)50-26-25-48(38-55(50)65)66-49-34-45(60(10,11)12)33-47(37-49)64-39-63(53-22-18-19-23-54(53)64)46-31-43(58(4,5)6)30-44(32-46)59(7,8)9/h15-38H,39H2,1-14H3. The van der Waals surface area contributed by atoms with E-state index in [0.717, 1.165) is 39.4 Å². The molecule has 338 valence electrons. The Morgan fingerprint density at radius 1 is 0.409 bits per heavy atom. The maximum Gasteiger partial charge on any atom is 0.137 e. The Bertz CT molecular complexity index is 3080. The summed E-state index contributed by atoms with van der Waals surface area (Å²) in [6.45, 7) is 32.8. The second-order valence-electron chi connectivity index (χ2n) is 23.2. The first-order valence-corrected chi connectivity index (χ1v) is 23.7. The maximum absolute atomic E-state index is 7.06. The van der Waals surface area contributed by atoms with Crippen LogP contribution in [0.1, 0.15) is 130 Å². The van der Waals surface area contributed by atoms with Crippen molar-refractivity contribution in [3.63, 3.8) is 0 Å². The first-order chi connectivity index (χ1) is 31.0. The topological polar surface area (TPSA) is 33.5 Å². The third-order valence-corrected chi connectivity index (χ3v) is 13.8. The molecule has 9 rings (SSSR count). The number of rotatable bonds is 7. The second kappa shape index (κ2) is 15.9. The van der Waals surface area contributed by atoms with Crippen LogP contribution in [0.3, 0.4) is 0 Å². The molecule has 0 atom stereocenters. The van der Waals surface area contributed by atoms with Crippen molar-refractivity contribution in [3.8, 4) is 17.3 Å². The molecule has 0 spiro atoms. The Balaban J connectivity index is 1.16. The van der Waals surface area contributed by atoms with Gasteiger partial charge in [0.05, 0.1) is 22.4 Å². The third-order valence-electron chi connectivity index (χ3n) is 13.8. The lowest BCUT2D eigenvalue weighted by Crippen LogP contribution is -2.26. The molecule has 0 bridgehead atoms. The van der Waals surface area contributed by atoms with Crippen LogP contribution in [0.4, 0.5) is 22.7 Å². The number of pyridine rings is 1. The molecule has 0 unspecified atom stereocenters. The van der Waals surface area contributed by atoms with E-state index in [9.17, 15) is 0 Å². The van der Waals surface area contributed by atoms with E-state index < -0.39 is 0 Å². The highest BCUT2D eigenvalue weighted by Crippen LogP contribution is 2.48. The normalized spacial score (nSPS) is 13.8. The zero-order valence-electron chi connectivity index (χ0n) is 41.8. The molecule has 0 amide bonds. The molecule has 2 aromatic heterocycles. The predicted octanol–water partition coefficient (Wildman–Crippen LogP) is 16.7. The lowest BCUT2D eigenvalue weighted by atomic mass is 9.78. The highest BCUT2D eigenvalue weighted by molar-refractivity contribution is 6.10. The molecule has 0 saturated carbocycles. The number of hydrogen-bond donors (Lipinski definition) is 0. The van der Waals surface area contributed by atoms with Crippen molar-refractivity contribution in [2.75, 3.05) is 16.5 Å². The Kier molecular flexibility index (Phi) is 10.8. The molecule has 5 nitrogen and oxygen atoms in total. The van der Waals surface area contributed by atoms with Gasteiger partial charge < -0.3 is 14.5 Å². The molecular weight excluding hydrogens is 805 g/mol. The molecule has 6 aromatic carbocycles. The van der Waals surface area contributed by atoms with Gasteiger partial charge in [0.2, 0.25) is 0 Å². The molecule has 3 heterocycles. The fraction of sp³-hybridized carbons (Fsp3) is 0.328. The maximum atomic E-state index is 7.06. The summed E-state index contributed by atoms with van der Waals surface area (Å²) >= 11 is 0. The number of para-hydroxylation sites is 2. The molecule has 1 aliphatic rings. The lowest BCUT2D eigenvalue weighted by molar-refractivity contribution is 0.479. The van der Waals surface area contributed by atoms with Crippen LogP contribution in [0, 0.1) is 0 Å². The quantitative estimate of drug-likeness (QED) is 0.160. The first-order valence-electron chi connectivity index (χ1n) is 23.7. The minimum atomic E-state index is -0.189. The Morgan fingerprint density at radius 3 is 1.56 bits per heavy atom. The molecule has 0 aliphatic carbocycles. The number of ether oxygens (including phenoxy) is 1. The fourth-order valence-corrected chi connectivity index (χ4v) is 9.38. The number of benzene rings is 6. The molecule has 5 heteroatoms. The van der Waals surface area contributed by atoms with Crippen LogP contribution in [-0.2, 0) is 27.1 Å². The van der Waals surface area contributed by atoms with Gasteiger partial charge in [-0.15, -0.1) is 0 Å². The van der Waals surface area contributed by atoms with Crippen LogP contribution in [0.5, 0.6) is 11.5 Å². The Morgan fingerprint density at radius 2 is 0.970 bits per heavy atom. The number of fused-ring (bicyclic) bond motifs is 4. The van der Waals surface area contributed by atoms with Crippen LogP contribution < -0.4 is 14.5 Å². The summed E-state index contributed by atoms with van der Waals surface area (Å²) in [7, 11) is 0. The summed E-state index contributed by atoms with van der Waals surface area (Å²) in [5.74, 6) is 2.48. The molecule has 1 aliphatic heterocycles. The molecular formula is C61H68N4O. The third kappa shape index (κ3) is 8.38. The molecule has 0 saturated heterocycles. The van der Waals surface area contributed by atoms with E-state index in [4.69, 9.17) is 9.72 Å². The van der Waals surface area contributed by atoms with E-state index in [2.05, 4.69) is 251 Å². The van der Waals surface area contributed by atoms with Gasteiger partial charge in [-0.2, -0.15) is 0 Å².